The SMILES string of the molecule is CCC(C(=O)O)C(=O)Nc1nc(-c2ccc(F)cc2)c(C#N)s1. The van der Waals surface area contributed by atoms with E-state index < -0.39 is 23.6 Å². The minimum absolute atomic E-state index is 0.130. The number of halogens is 1. The average Bonchev–Trinajstić information content (AvgIpc) is 2.91. The molecule has 2 aromatic rings. The number of nitriles is 1. The van der Waals surface area contributed by atoms with Crippen LogP contribution in [0, 0.1) is 23.1 Å². The van der Waals surface area contributed by atoms with E-state index in [-0.39, 0.29) is 16.4 Å². The number of carboxylic acids is 1. The van der Waals surface area contributed by atoms with Crippen LogP contribution in [0.15, 0.2) is 24.3 Å². The fourth-order valence-corrected chi connectivity index (χ4v) is 2.71. The lowest BCUT2D eigenvalue weighted by molar-refractivity contribution is -0.145. The van der Waals surface area contributed by atoms with Crippen molar-refractivity contribution in [1.29, 1.82) is 5.26 Å². The van der Waals surface area contributed by atoms with Gasteiger partial charge in [-0.1, -0.05) is 18.3 Å². The molecule has 2 rings (SSSR count). The van der Waals surface area contributed by atoms with Gasteiger partial charge in [-0.3, -0.25) is 9.59 Å². The third-order valence-corrected chi connectivity index (χ3v) is 3.97. The fraction of sp³-hybridized carbons (Fsp3) is 0.200. The molecule has 0 aliphatic carbocycles. The number of aromatic nitrogens is 1. The Morgan fingerprint density at radius 3 is 2.61 bits per heavy atom. The second kappa shape index (κ2) is 6.98. The number of carbonyl (C=O) groups excluding carboxylic acids is 1. The summed E-state index contributed by atoms with van der Waals surface area (Å²) >= 11 is 0.936. The summed E-state index contributed by atoms with van der Waals surface area (Å²) in [4.78, 5) is 27.3. The van der Waals surface area contributed by atoms with Gasteiger partial charge >= 0.3 is 5.97 Å². The van der Waals surface area contributed by atoms with Crippen molar-refractivity contribution < 1.29 is 19.1 Å². The molecule has 0 saturated carbocycles. The maximum atomic E-state index is 13.0. The number of carboxylic acid groups (broad SMARTS) is 1. The minimum Gasteiger partial charge on any atom is -0.481 e. The van der Waals surface area contributed by atoms with Gasteiger partial charge in [0.25, 0.3) is 0 Å². The number of anilines is 1. The van der Waals surface area contributed by atoms with Gasteiger partial charge in [0, 0.05) is 5.56 Å². The number of amides is 1. The van der Waals surface area contributed by atoms with E-state index in [9.17, 15) is 14.0 Å². The first kappa shape index (κ1) is 16.6. The number of nitrogens with one attached hydrogen (secondary N) is 1. The number of benzene rings is 1. The third-order valence-electron chi connectivity index (χ3n) is 3.10. The molecule has 1 aromatic carbocycles. The van der Waals surface area contributed by atoms with Crippen LogP contribution in [-0.2, 0) is 9.59 Å². The van der Waals surface area contributed by atoms with E-state index in [0.717, 1.165) is 11.3 Å². The van der Waals surface area contributed by atoms with Crippen LogP contribution in [0.5, 0.6) is 0 Å². The highest BCUT2D eigenvalue weighted by Gasteiger charge is 2.25. The normalized spacial score (nSPS) is 11.5. The van der Waals surface area contributed by atoms with E-state index in [4.69, 9.17) is 10.4 Å². The van der Waals surface area contributed by atoms with Crippen molar-refractivity contribution in [3.8, 4) is 17.3 Å². The van der Waals surface area contributed by atoms with Crippen molar-refractivity contribution >= 4 is 28.3 Å². The molecule has 6 nitrogen and oxygen atoms in total. The molecule has 0 aliphatic rings. The average molecular weight is 333 g/mol. The third kappa shape index (κ3) is 3.70. The molecule has 0 radical (unpaired) electrons. The van der Waals surface area contributed by atoms with E-state index in [0.29, 0.717) is 11.3 Å². The summed E-state index contributed by atoms with van der Waals surface area (Å²) < 4.78 is 13.0. The largest absolute Gasteiger partial charge is 0.481 e. The molecule has 1 atom stereocenters. The van der Waals surface area contributed by atoms with Crippen molar-refractivity contribution in [1.82, 2.24) is 4.98 Å². The van der Waals surface area contributed by atoms with Crippen LogP contribution in [0.4, 0.5) is 9.52 Å². The summed E-state index contributed by atoms with van der Waals surface area (Å²) in [5.74, 6) is -3.51. The number of carbonyl (C=O) groups is 2. The molecule has 1 unspecified atom stereocenters. The molecule has 118 valence electrons. The molecular formula is C15H12FN3O3S. The molecule has 0 bridgehead atoms. The van der Waals surface area contributed by atoms with Gasteiger partial charge in [-0.15, -0.1) is 0 Å². The van der Waals surface area contributed by atoms with Gasteiger partial charge in [-0.25, -0.2) is 9.37 Å². The molecule has 1 aromatic heterocycles. The Kier molecular flexibility index (Phi) is 5.03. The molecule has 0 aliphatic heterocycles. The number of hydrogen-bond donors (Lipinski definition) is 2. The quantitative estimate of drug-likeness (QED) is 0.819. The van der Waals surface area contributed by atoms with Crippen molar-refractivity contribution in [2.24, 2.45) is 5.92 Å². The molecule has 23 heavy (non-hydrogen) atoms. The molecule has 0 fully saturated rings. The van der Waals surface area contributed by atoms with Gasteiger partial charge in [0.2, 0.25) is 5.91 Å². The zero-order valence-corrected chi connectivity index (χ0v) is 12.9. The summed E-state index contributed by atoms with van der Waals surface area (Å²) in [6, 6.07) is 7.40. The predicted molar refractivity (Wildman–Crippen MR) is 82.3 cm³/mol. The Hall–Kier alpha value is -2.79. The van der Waals surface area contributed by atoms with E-state index >= 15 is 0 Å². The van der Waals surface area contributed by atoms with Gasteiger partial charge in [-0.05, 0) is 30.7 Å². The van der Waals surface area contributed by atoms with Crippen molar-refractivity contribution in [2.75, 3.05) is 5.32 Å². The number of hydrogen-bond acceptors (Lipinski definition) is 5. The first-order chi connectivity index (χ1) is 11.0. The Morgan fingerprint density at radius 1 is 1.43 bits per heavy atom. The van der Waals surface area contributed by atoms with E-state index in [2.05, 4.69) is 10.3 Å². The molecule has 1 amide bonds. The van der Waals surface area contributed by atoms with Crippen molar-refractivity contribution in [2.45, 2.75) is 13.3 Å². The zero-order chi connectivity index (χ0) is 17.0. The smallest absolute Gasteiger partial charge is 0.316 e. The number of rotatable bonds is 5. The standard InChI is InChI=1S/C15H12FN3O3S/c1-2-10(14(21)22)13(20)19-15-18-12(11(7-17)23-15)8-3-5-9(16)6-4-8/h3-6,10H,2H2,1H3,(H,21,22)(H,18,19,20). The Morgan fingerprint density at radius 2 is 2.09 bits per heavy atom. The van der Waals surface area contributed by atoms with E-state index in [1.165, 1.54) is 24.3 Å². The monoisotopic (exact) mass is 333 g/mol. The van der Waals surface area contributed by atoms with Crippen LogP contribution >= 0.6 is 11.3 Å². The summed E-state index contributed by atoms with van der Waals surface area (Å²) in [5, 5.41) is 20.7. The molecule has 0 spiro atoms. The summed E-state index contributed by atoms with van der Waals surface area (Å²) in [6.07, 6.45) is 0.141. The number of thiazole rings is 1. The summed E-state index contributed by atoms with van der Waals surface area (Å²) in [6.45, 7) is 1.59. The molecular weight excluding hydrogens is 321 g/mol. The molecule has 2 N–H and O–H groups in total. The lowest BCUT2D eigenvalue weighted by atomic mass is 10.1. The van der Waals surface area contributed by atoms with Crippen LogP contribution in [0.25, 0.3) is 11.3 Å². The Bertz CT molecular complexity index is 780. The second-order valence-corrected chi connectivity index (χ2v) is 5.60. The Balaban J connectivity index is 2.29. The molecule has 0 saturated heterocycles. The first-order valence-electron chi connectivity index (χ1n) is 6.66. The van der Waals surface area contributed by atoms with Crippen LogP contribution in [-0.4, -0.2) is 22.0 Å². The Labute approximate surface area is 135 Å². The van der Waals surface area contributed by atoms with Gasteiger partial charge in [0.1, 0.15) is 28.4 Å². The van der Waals surface area contributed by atoms with Crippen LogP contribution in [0.2, 0.25) is 0 Å². The number of aliphatic carboxylic acids is 1. The van der Waals surface area contributed by atoms with Crippen molar-refractivity contribution in [3.05, 3.63) is 35.0 Å². The van der Waals surface area contributed by atoms with E-state index in [1.807, 2.05) is 6.07 Å². The fourth-order valence-electron chi connectivity index (χ4n) is 1.92. The molecule has 1 heterocycles. The van der Waals surface area contributed by atoms with E-state index in [1.54, 1.807) is 6.92 Å². The highest BCUT2D eigenvalue weighted by atomic mass is 32.1. The minimum atomic E-state index is -1.22. The highest BCUT2D eigenvalue weighted by Crippen LogP contribution is 2.31. The van der Waals surface area contributed by atoms with Crippen LogP contribution in [0.3, 0.4) is 0 Å². The van der Waals surface area contributed by atoms with Gasteiger partial charge < -0.3 is 10.4 Å². The second-order valence-electron chi connectivity index (χ2n) is 4.60. The first-order valence-corrected chi connectivity index (χ1v) is 7.48. The van der Waals surface area contributed by atoms with Crippen LogP contribution < -0.4 is 5.32 Å². The highest BCUT2D eigenvalue weighted by molar-refractivity contribution is 7.16. The lowest BCUT2D eigenvalue weighted by Crippen LogP contribution is -2.28. The number of nitrogens with zero attached hydrogens (tertiary/aromatic N) is 2. The van der Waals surface area contributed by atoms with Gasteiger partial charge in [0.05, 0.1) is 0 Å². The zero-order valence-electron chi connectivity index (χ0n) is 12.0. The summed E-state index contributed by atoms with van der Waals surface area (Å²) in [5.41, 5.74) is 0.848. The lowest BCUT2D eigenvalue weighted by Gasteiger charge is -2.08. The maximum absolute atomic E-state index is 13.0. The molecule has 8 heteroatoms. The van der Waals surface area contributed by atoms with Crippen molar-refractivity contribution in [3.63, 3.8) is 0 Å². The summed E-state index contributed by atoms with van der Waals surface area (Å²) in [7, 11) is 0. The predicted octanol–water partition coefficient (Wildman–Crippen LogP) is 2.87. The van der Waals surface area contributed by atoms with Gasteiger partial charge in [-0.2, -0.15) is 5.26 Å². The maximum Gasteiger partial charge on any atom is 0.316 e. The van der Waals surface area contributed by atoms with Gasteiger partial charge in [0.15, 0.2) is 5.13 Å². The van der Waals surface area contributed by atoms with Crippen LogP contribution in [0.1, 0.15) is 18.2 Å². The topological polar surface area (TPSA) is 103 Å².